The lowest BCUT2D eigenvalue weighted by Crippen LogP contribution is -2.66. The maximum atomic E-state index is 13.8. The third-order valence-electron chi connectivity index (χ3n) is 10.2. The molecule has 9 nitrogen and oxygen atoms in total. The summed E-state index contributed by atoms with van der Waals surface area (Å²) in [5, 5.41) is 46.7. The summed E-state index contributed by atoms with van der Waals surface area (Å²) in [5.74, 6) is -7.20. The van der Waals surface area contributed by atoms with Crippen LogP contribution in [0.3, 0.4) is 0 Å². The highest BCUT2D eigenvalue weighted by atomic mass is 16.3. The highest BCUT2D eigenvalue weighted by Crippen LogP contribution is 2.53. The molecule has 4 aliphatic rings. The first-order valence-electron chi connectivity index (χ1n) is 14.9. The van der Waals surface area contributed by atoms with Crippen LogP contribution in [0.25, 0.3) is 27.7 Å². The van der Waals surface area contributed by atoms with Gasteiger partial charge >= 0.3 is 0 Å². The molecule has 2 saturated carbocycles. The molecule has 3 aliphatic carbocycles. The molecule has 2 unspecified atom stereocenters. The summed E-state index contributed by atoms with van der Waals surface area (Å²) in [6, 6.07) is 15.7. The number of carbonyl (C=O) groups is 3. The van der Waals surface area contributed by atoms with Crippen molar-refractivity contribution in [2.45, 2.75) is 50.4 Å². The van der Waals surface area contributed by atoms with Gasteiger partial charge in [-0.1, -0.05) is 42.5 Å². The molecule has 6 N–H and O–H groups in total. The molecule has 1 aliphatic heterocycles. The molecule has 222 valence electrons. The van der Waals surface area contributed by atoms with Gasteiger partial charge in [-0.25, -0.2) is 0 Å². The van der Waals surface area contributed by atoms with Gasteiger partial charge in [0.05, 0.1) is 11.7 Å². The minimum absolute atomic E-state index is 0.0964. The van der Waals surface area contributed by atoms with Gasteiger partial charge in [0, 0.05) is 18.0 Å². The first kappa shape index (κ1) is 27.8. The number of rotatable bonds is 4. The predicted octanol–water partition coefficient (Wildman–Crippen LogP) is 3.00. The van der Waals surface area contributed by atoms with Crippen LogP contribution in [0.2, 0.25) is 0 Å². The van der Waals surface area contributed by atoms with E-state index in [0.717, 1.165) is 41.5 Å². The van der Waals surface area contributed by atoms with Crippen LogP contribution in [-0.4, -0.2) is 67.6 Å². The number of carbonyl (C=O) groups excluding carboxylic acids is 3. The number of phenols is 1. The topological polar surface area (TPSA) is 161 Å². The van der Waals surface area contributed by atoms with Crippen LogP contribution in [0.1, 0.15) is 42.4 Å². The van der Waals surface area contributed by atoms with E-state index in [1.165, 1.54) is 24.5 Å². The van der Waals surface area contributed by atoms with Gasteiger partial charge in [-0.15, -0.1) is 0 Å². The lowest BCUT2D eigenvalue weighted by atomic mass is 9.56. The molecule has 0 bridgehead atoms. The van der Waals surface area contributed by atoms with Crippen LogP contribution in [0.4, 0.5) is 0 Å². The van der Waals surface area contributed by atoms with Gasteiger partial charge in [-0.2, -0.15) is 0 Å². The van der Waals surface area contributed by atoms with Crippen molar-refractivity contribution in [1.29, 1.82) is 0 Å². The first-order chi connectivity index (χ1) is 20.6. The van der Waals surface area contributed by atoms with E-state index in [1.54, 1.807) is 0 Å². The third kappa shape index (κ3) is 4.06. The molecule has 1 saturated heterocycles. The molecular formula is C34H34N2O7. The quantitative estimate of drug-likeness (QED) is 0.293. The number of aliphatic hydroxyl groups is 3. The SMILES string of the molecule is NC(=O)C1C(=O)[C@@]2(O)C(=O)C3=C(O)c4c(O)ccc(-c5ccc(CN6CCCC6)c6ccccc56)c4C[C@H]3C[C@H]2CC1O. The van der Waals surface area contributed by atoms with E-state index >= 15 is 0 Å². The highest BCUT2D eigenvalue weighted by Gasteiger charge is 2.64. The number of benzene rings is 3. The zero-order valence-corrected chi connectivity index (χ0v) is 23.6. The van der Waals surface area contributed by atoms with Gasteiger partial charge in [-0.05, 0) is 90.2 Å². The Labute approximate surface area is 248 Å². The minimum atomic E-state index is -2.59. The summed E-state index contributed by atoms with van der Waals surface area (Å²) >= 11 is 0. The van der Waals surface area contributed by atoms with E-state index < -0.39 is 52.7 Å². The van der Waals surface area contributed by atoms with E-state index in [-0.39, 0.29) is 36.1 Å². The number of primary amides is 1. The largest absolute Gasteiger partial charge is 0.507 e. The number of nitrogens with two attached hydrogens (primary N) is 1. The Bertz CT molecular complexity index is 1740. The third-order valence-corrected chi connectivity index (χ3v) is 10.2. The fraction of sp³-hybridized carbons (Fsp3) is 0.382. The molecule has 3 aromatic carbocycles. The molecule has 1 amide bonds. The minimum Gasteiger partial charge on any atom is -0.507 e. The van der Waals surface area contributed by atoms with Gasteiger partial charge in [0.2, 0.25) is 11.7 Å². The Balaban J connectivity index is 1.35. The number of nitrogens with zero attached hydrogens (tertiary/aromatic N) is 1. The van der Waals surface area contributed by atoms with Crippen molar-refractivity contribution in [3.8, 4) is 16.9 Å². The first-order valence-corrected chi connectivity index (χ1v) is 14.9. The Hall–Kier alpha value is -4.05. The van der Waals surface area contributed by atoms with E-state index in [4.69, 9.17) is 5.73 Å². The number of likely N-dealkylation sites (tertiary alicyclic amines) is 1. The molecule has 43 heavy (non-hydrogen) atoms. The van der Waals surface area contributed by atoms with Crippen LogP contribution in [0.5, 0.6) is 5.75 Å². The monoisotopic (exact) mass is 582 g/mol. The molecule has 7 rings (SSSR count). The maximum Gasteiger partial charge on any atom is 0.230 e. The number of ketones is 2. The summed E-state index contributed by atoms with van der Waals surface area (Å²) in [7, 11) is 0. The number of fused-ring (bicyclic) bond motifs is 4. The lowest BCUT2D eigenvalue weighted by Gasteiger charge is -2.48. The second kappa shape index (κ2) is 10.0. The standard InChI is InChI=1S/C34H34N2O7/c35-33(42)29-26(38)15-19-13-18-14-24-23(9-10-25(37)28(24)30(39)27(18)31(40)34(19,43)32(29)41)22-8-7-17(16-36-11-3-4-12-36)20-5-1-2-6-21(20)22/h1-2,5-10,18-19,26,29,37-39,43H,3-4,11-16H2,(H2,35,42)/t18-,19+,26?,29?,34+/m1/s1. The molecular weight excluding hydrogens is 548 g/mol. The molecule has 9 heteroatoms. The fourth-order valence-electron chi connectivity index (χ4n) is 8.09. The molecule has 0 spiro atoms. The number of phenolic OH excluding ortho intramolecular Hbond substituents is 1. The number of Topliss-reactive ketones (excluding diaryl/α,β-unsaturated/α-hetero) is 2. The molecule has 0 aromatic heterocycles. The molecule has 5 atom stereocenters. The van der Waals surface area contributed by atoms with Gasteiger partial charge in [-0.3, -0.25) is 19.3 Å². The normalized spacial score (nSPS) is 29.0. The van der Waals surface area contributed by atoms with Gasteiger partial charge in [0.15, 0.2) is 11.4 Å². The number of hydrogen-bond acceptors (Lipinski definition) is 8. The number of hydrogen-bond donors (Lipinski definition) is 5. The molecule has 3 fully saturated rings. The van der Waals surface area contributed by atoms with E-state index in [2.05, 4.69) is 29.2 Å². The number of aliphatic hydroxyl groups excluding tert-OH is 2. The van der Waals surface area contributed by atoms with Crippen LogP contribution in [0.15, 0.2) is 54.1 Å². The van der Waals surface area contributed by atoms with E-state index in [9.17, 15) is 34.8 Å². The Kier molecular flexibility index (Phi) is 6.46. The Morgan fingerprint density at radius 1 is 0.953 bits per heavy atom. The van der Waals surface area contributed by atoms with Crippen molar-refractivity contribution in [2.75, 3.05) is 13.1 Å². The van der Waals surface area contributed by atoms with Crippen LogP contribution < -0.4 is 5.73 Å². The van der Waals surface area contributed by atoms with Crippen molar-refractivity contribution < 1.29 is 34.8 Å². The summed E-state index contributed by atoms with van der Waals surface area (Å²) < 4.78 is 0. The summed E-state index contributed by atoms with van der Waals surface area (Å²) in [5.41, 5.74) is 6.33. The van der Waals surface area contributed by atoms with Crippen LogP contribution >= 0.6 is 0 Å². The average molecular weight is 583 g/mol. The summed E-state index contributed by atoms with van der Waals surface area (Å²) in [6.07, 6.45) is 1.23. The fourth-order valence-corrected chi connectivity index (χ4v) is 8.09. The summed E-state index contributed by atoms with van der Waals surface area (Å²) in [4.78, 5) is 41.5. The Morgan fingerprint density at radius 2 is 1.65 bits per heavy atom. The molecule has 0 radical (unpaired) electrons. The number of aromatic hydroxyl groups is 1. The van der Waals surface area contributed by atoms with Crippen molar-refractivity contribution in [2.24, 2.45) is 23.5 Å². The van der Waals surface area contributed by atoms with Gasteiger partial charge < -0.3 is 26.2 Å². The Morgan fingerprint density at radius 3 is 2.37 bits per heavy atom. The molecule has 1 heterocycles. The zero-order chi connectivity index (χ0) is 30.2. The maximum absolute atomic E-state index is 13.8. The summed E-state index contributed by atoms with van der Waals surface area (Å²) in [6.45, 7) is 3.02. The highest BCUT2D eigenvalue weighted by molar-refractivity contribution is 6.24. The van der Waals surface area contributed by atoms with Crippen molar-refractivity contribution in [3.05, 3.63) is 70.8 Å². The smallest absolute Gasteiger partial charge is 0.230 e. The second-order valence-electron chi connectivity index (χ2n) is 12.5. The van der Waals surface area contributed by atoms with Crippen molar-refractivity contribution >= 4 is 34.0 Å². The van der Waals surface area contributed by atoms with Crippen molar-refractivity contribution in [3.63, 3.8) is 0 Å². The van der Waals surface area contributed by atoms with E-state index in [1.807, 2.05) is 18.2 Å². The zero-order valence-electron chi connectivity index (χ0n) is 23.6. The molecule has 3 aromatic rings. The predicted molar refractivity (Wildman–Crippen MR) is 159 cm³/mol. The number of amides is 1. The van der Waals surface area contributed by atoms with Crippen LogP contribution in [0, 0.1) is 17.8 Å². The van der Waals surface area contributed by atoms with Crippen LogP contribution in [-0.2, 0) is 27.3 Å². The van der Waals surface area contributed by atoms with E-state index in [0.29, 0.717) is 5.56 Å². The second-order valence-corrected chi connectivity index (χ2v) is 12.5. The van der Waals surface area contributed by atoms with Gasteiger partial charge in [0.25, 0.3) is 0 Å². The van der Waals surface area contributed by atoms with Gasteiger partial charge in [0.1, 0.15) is 17.4 Å². The lowest BCUT2D eigenvalue weighted by molar-refractivity contribution is -0.174. The van der Waals surface area contributed by atoms with Crippen molar-refractivity contribution in [1.82, 2.24) is 4.90 Å². The average Bonchev–Trinajstić information content (AvgIpc) is 3.49.